The van der Waals surface area contributed by atoms with Crippen LogP contribution in [0, 0.1) is 6.92 Å². The third kappa shape index (κ3) is 2.20. The molecule has 0 fully saturated rings. The van der Waals surface area contributed by atoms with E-state index in [1.165, 1.54) is 0 Å². The summed E-state index contributed by atoms with van der Waals surface area (Å²) < 4.78 is 5.08. The predicted molar refractivity (Wildman–Crippen MR) is 49.8 cm³/mol. The molecule has 1 rings (SSSR count). The van der Waals surface area contributed by atoms with Gasteiger partial charge in [-0.3, -0.25) is 0 Å². The number of aryl methyl sites for hydroxylation is 1. The molecule has 0 amide bonds. The molecular weight excluding hydrogens is 168 g/mol. The number of benzene rings is 1. The zero-order valence-electron chi connectivity index (χ0n) is 7.82. The Morgan fingerprint density at radius 2 is 2.15 bits per heavy atom. The molecule has 0 saturated carbocycles. The topological polar surface area (TPSA) is 49.7 Å². The van der Waals surface area contributed by atoms with Crippen LogP contribution in [0.25, 0.3) is 0 Å². The molecule has 3 nitrogen and oxygen atoms in total. The average Bonchev–Trinajstić information content (AvgIpc) is 2.16. The van der Waals surface area contributed by atoms with Gasteiger partial charge in [0, 0.05) is 5.56 Å². The molecule has 0 saturated heterocycles. The van der Waals surface area contributed by atoms with Crippen LogP contribution >= 0.6 is 0 Å². The van der Waals surface area contributed by atoms with E-state index in [1.807, 2.05) is 19.1 Å². The number of rotatable bonds is 3. The maximum absolute atomic E-state index is 9.40. The van der Waals surface area contributed by atoms with Crippen LogP contribution in [0.3, 0.4) is 0 Å². The van der Waals surface area contributed by atoms with Crippen molar-refractivity contribution in [3.8, 4) is 5.75 Å². The fraction of sp³-hybridized carbons (Fsp3) is 0.400. The van der Waals surface area contributed by atoms with E-state index in [1.54, 1.807) is 13.2 Å². The van der Waals surface area contributed by atoms with Gasteiger partial charge in [-0.05, 0) is 18.6 Å². The first-order valence-corrected chi connectivity index (χ1v) is 4.12. The summed E-state index contributed by atoms with van der Waals surface area (Å²) in [5.41, 5.74) is 1.68. The molecule has 1 atom stereocenters. The van der Waals surface area contributed by atoms with Gasteiger partial charge >= 0.3 is 0 Å². The smallest absolute Gasteiger partial charge is 0.125 e. The van der Waals surface area contributed by atoms with Crippen LogP contribution in [0.15, 0.2) is 18.2 Å². The van der Waals surface area contributed by atoms with Crippen molar-refractivity contribution in [1.29, 1.82) is 0 Å². The van der Waals surface area contributed by atoms with Gasteiger partial charge in [0.25, 0.3) is 0 Å². The molecule has 1 unspecified atom stereocenters. The number of aliphatic hydroxyl groups excluding tert-OH is 2. The van der Waals surface area contributed by atoms with Crippen molar-refractivity contribution >= 4 is 0 Å². The minimum atomic E-state index is -0.865. The highest BCUT2D eigenvalue weighted by atomic mass is 16.5. The van der Waals surface area contributed by atoms with Gasteiger partial charge in [0.15, 0.2) is 0 Å². The third-order valence-electron chi connectivity index (χ3n) is 1.92. The molecule has 0 radical (unpaired) electrons. The molecule has 0 aliphatic carbocycles. The van der Waals surface area contributed by atoms with E-state index < -0.39 is 6.10 Å². The summed E-state index contributed by atoms with van der Waals surface area (Å²) in [6, 6.07) is 5.46. The van der Waals surface area contributed by atoms with Crippen molar-refractivity contribution < 1.29 is 14.9 Å². The fourth-order valence-electron chi connectivity index (χ4n) is 1.19. The summed E-state index contributed by atoms with van der Waals surface area (Å²) in [6.45, 7) is 1.65. The third-order valence-corrected chi connectivity index (χ3v) is 1.92. The lowest BCUT2D eigenvalue weighted by Gasteiger charge is -2.12. The largest absolute Gasteiger partial charge is 0.496 e. The Bertz CT molecular complexity index is 283. The second kappa shape index (κ2) is 4.25. The lowest BCUT2D eigenvalue weighted by molar-refractivity contribution is 0.0933. The quantitative estimate of drug-likeness (QED) is 0.734. The number of hydrogen-bond acceptors (Lipinski definition) is 3. The summed E-state index contributed by atoms with van der Waals surface area (Å²) in [4.78, 5) is 0. The van der Waals surface area contributed by atoms with Crippen molar-refractivity contribution in [2.45, 2.75) is 13.0 Å². The first-order valence-electron chi connectivity index (χ1n) is 4.12. The molecule has 13 heavy (non-hydrogen) atoms. The zero-order valence-corrected chi connectivity index (χ0v) is 7.82. The monoisotopic (exact) mass is 182 g/mol. The van der Waals surface area contributed by atoms with Gasteiger partial charge in [-0.1, -0.05) is 12.1 Å². The minimum Gasteiger partial charge on any atom is -0.496 e. The van der Waals surface area contributed by atoms with Crippen molar-refractivity contribution in [3.05, 3.63) is 29.3 Å². The van der Waals surface area contributed by atoms with Gasteiger partial charge < -0.3 is 14.9 Å². The molecular formula is C10H14O3. The molecule has 1 aromatic rings. The molecule has 0 aliphatic rings. The van der Waals surface area contributed by atoms with E-state index in [0.29, 0.717) is 11.3 Å². The Balaban J connectivity index is 3.05. The van der Waals surface area contributed by atoms with Gasteiger partial charge in [0.2, 0.25) is 0 Å². The maximum Gasteiger partial charge on any atom is 0.125 e. The van der Waals surface area contributed by atoms with Crippen LogP contribution in [0.1, 0.15) is 17.2 Å². The number of hydrogen-bond donors (Lipinski definition) is 2. The normalized spacial score (nSPS) is 12.6. The second-order valence-corrected chi connectivity index (χ2v) is 2.94. The van der Waals surface area contributed by atoms with Crippen molar-refractivity contribution in [3.63, 3.8) is 0 Å². The molecule has 0 aromatic heterocycles. The first kappa shape index (κ1) is 10.0. The van der Waals surface area contributed by atoms with E-state index >= 15 is 0 Å². The Kier molecular flexibility index (Phi) is 3.28. The highest BCUT2D eigenvalue weighted by molar-refractivity contribution is 5.38. The Hall–Kier alpha value is -1.06. The van der Waals surface area contributed by atoms with Crippen molar-refractivity contribution in [1.82, 2.24) is 0 Å². The fourth-order valence-corrected chi connectivity index (χ4v) is 1.19. The average molecular weight is 182 g/mol. The number of aliphatic hydroxyl groups is 2. The van der Waals surface area contributed by atoms with E-state index in [4.69, 9.17) is 9.84 Å². The Morgan fingerprint density at radius 3 is 2.69 bits per heavy atom. The van der Waals surface area contributed by atoms with Crippen molar-refractivity contribution in [2.24, 2.45) is 0 Å². The first-order chi connectivity index (χ1) is 6.19. The molecule has 0 spiro atoms. The Morgan fingerprint density at radius 1 is 1.46 bits per heavy atom. The minimum absolute atomic E-state index is 0.292. The molecule has 3 heteroatoms. The second-order valence-electron chi connectivity index (χ2n) is 2.94. The van der Waals surface area contributed by atoms with Crippen LogP contribution < -0.4 is 4.74 Å². The van der Waals surface area contributed by atoms with E-state index in [9.17, 15) is 5.11 Å². The van der Waals surface area contributed by atoms with Crippen LogP contribution in [0.4, 0.5) is 0 Å². The number of methoxy groups -OCH3 is 1. The predicted octanol–water partition coefficient (Wildman–Crippen LogP) is 1.03. The van der Waals surface area contributed by atoms with Crippen LogP contribution in [-0.2, 0) is 0 Å². The summed E-state index contributed by atoms with van der Waals surface area (Å²) >= 11 is 0. The maximum atomic E-state index is 9.40. The molecule has 0 bridgehead atoms. The van der Waals surface area contributed by atoms with Gasteiger partial charge in [-0.15, -0.1) is 0 Å². The van der Waals surface area contributed by atoms with E-state index in [0.717, 1.165) is 5.56 Å². The Labute approximate surface area is 77.6 Å². The molecule has 72 valence electrons. The van der Waals surface area contributed by atoms with Crippen LogP contribution in [-0.4, -0.2) is 23.9 Å². The van der Waals surface area contributed by atoms with Crippen molar-refractivity contribution in [2.75, 3.05) is 13.7 Å². The summed E-state index contributed by atoms with van der Waals surface area (Å²) in [7, 11) is 1.54. The van der Waals surface area contributed by atoms with Gasteiger partial charge in [-0.25, -0.2) is 0 Å². The van der Waals surface area contributed by atoms with Crippen LogP contribution in [0.2, 0.25) is 0 Å². The zero-order chi connectivity index (χ0) is 9.84. The van der Waals surface area contributed by atoms with E-state index in [2.05, 4.69) is 0 Å². The standard InChI is InChI=1S/C10H14O3/c1-7-3-4-8(9(12)6-11)10(5-7)13-2/h3-5,9,11-12H,6H2,1-2H3. The summed E-state index contributed by atoms with van der Waals surface area (Å²) in [5, 5.41) is 18.2. The highest BCUT2D eigenvalue weighted by Gasteiger charge is 2.11. The van der Waals surface area contributed by atoms with Gasteiger partial charge in [0.1, 0.15) is 11.9 Å². The van der Waals surface area contributed by atoms with E-state index in [-0.39, 0.29) is 6.61 Å². The SMILES string of the molecule is COc1cc(C)ccc1C(O)CO. The lowest BCUT2D eigenvalue weighted by atomic mass is 10.1. The lowest BCUT2D eigenvalue weighted by Crippen LogP contribution is -2.04. The molecule has 2 N–H and O–H groups in total. The van der Waals surface area contributed by atoms with Gasteiger partial charge in [0.05, 0.1) is 13.7 Å². The van der Waals surface area contributed by atoms with Crippen LogP contribution in [0.5, 0.6) is 5.75 Å². The summed E-state index contributed by atoms with van der Waals surface area (Å²) in [5.74, 6) is 0.613. The molecule has 0 heterocycles. The molecule has 1 aromatic carbocycles. The van der Waals surface area contributed by atoms with Gasteiger partial charge in [-0.2, -0.15) is 0 Å². The highest BCUT2D eigenvalue weighted by Crippen LogP contribution is 2.25. The molecule has 0 aliphatic heterocycles. The number of ether oxygens (including phenoxy) is 1. The summed E-state index contributed by atoms with van der Waals surface area (Å²) in [6.07, 6.45) is -0.865.